The van der Waals surface area contributed by atoms with Crippen molar-refractivity contribution in [3.63, 3.8) is 0 Å². The van der Waals surface area contributed by atoms with Crippen LogP contribution in [0.4, 0.5) is 0 Å². The van der Waals surface area contributed by atoms with Crippen LogP contribution in [0.15, 0.2) is 18.3 Å². The summed E-state index contributed by atoms with van der Waals surface area (Å²) in [5, 5.41) is 0.794. The zero-order chi connectivity index (χ0) is 10.1. The van der Waals surface area contributed by atoms with Crippen LogP contribution in [-0.2, 0) is 4.74 Å². The molecule has 0 atom stereocenters. The number of carbonyl (C=O) groups excluding carboxylic acids is 1. The van der Waals surface area contributed by atoms with Gasteiger partial charge in [-0.1, -0.05) is 0 Å². The Hall–Kier alpha value is -1.84. The molecule has 2 heterocycles. The summed E-state index contributed by atoms with van der Waals surface area (Å²) in [6.07, 6.45) is 1.61. The van der Waals surface area contributed by atoms with E-state index in [-0.39, 0.29) is 5.97 Å². The smallest absolute Gasteiger partial charge is 0.340 e. The maximum absolute atomic E-state index is 11.3. The first-order valence-electron chi connectivity index (χ1n) is 4.25. The van der Waals surface area contributed by atoms with Crippen molar-refractivity contribution in [2.45, 2.75) is 6.92 Å². The van der Waals surface area contributed by atoms with Gasteiger partial charge in [-0.3, -0.25) is 0 Å². The molecule has 0 saturated heterocycles. The van der Waals surface area contributed by atoms with Crippen LogP contribution in [-0.4, -0.2) is 23.0 Å². The number of H-pyrrole nitrogens is 1. The molecule has 0 aromatic carbocycles. The van der Waals surface area contributed by atoms with Crippen molar-refractivity contribution >= 4 is 17.0 Å². The van der Waals surface area contributed by atoms with Crippen molar-refractivity contribution < 1.29 is 9.53 Å². The van der Waals surface area contributed by atoms with E-state index in [4.69, 9.17) is 0 Å². The highest BCUT2D eigenvalue weighted by Gasteiger charge is 2.12. The molecule has 0 amide bonds. The maximum atomic E-state index is 11.3. The number of fused-ring (bicyclic) bond motifs is 1. The highest BCUT2D eigenvalue weighted by atomic mass is 16.5. The summed E-state index contributed by atoms with van der Waals surface area (Å²) in [5.74, 6) is -0.345. The largest absolute Gasteiger partial charge is 0.465 e. The summed E-state index contributed by atoms with van der Waals surface area (Å²) in [5.41, 5.74) is 2.15. The zero-order valence-electron chi connectivity index (χ0n) is 8.00. The molecule has 4 heteroatoms. The van der Waals surface area contributed by atoms with E-state index >= 15 is 0 Å². The van der Waals surface area contributed by atoms with Gasteiger partial charge >= 0.3 is 5.97 Å². The van der Waals surface area contributed by atoms with Crippen LogP contribution in [0.3, 0.4) is 0 Å². The Balaban J connectivity index is 2.64. The number of aryl methyl sites for hydroxylation is 1. The lowest BCUT2D eigenvalue weighted by atomic mass is 10.2. The number of esters is 1. The third-order valence-corrected chi connectivity index (χ3v) is 2.08. The number of aromatic nitrogens is 2. The number of hydrogen-bond acceptors (Lipinski definition) is 3. The van der Waals surface area contributed by atoms with Crippen molar-refractivity contribution in [2.75, 3.05) is 7.11 Å². The standard InChI is InChI=1S/C10H10N2O2/c1-6-3-4-7-8(10(13)14-2)5-11-9(7)12-6/h3-5H,1-2H3,(H,11,12). The topological polar surface area (TPSA) is 55.0 Å². The second-order valence-corrected chi connectivity index (χ2v) is 3.04. The molecule has 2 aromatic rings. The molecule has 1 N–H and O–H groups in total. The molecule has 0 aliphatic carbocycles. The Labute approximate surface area is 80.9 Å². The second-order valence-electron chi connectivity index (χ2n) is 3.04. The molecule has 0 bridgehead atoms. The Kier molecular flexibility index (Phi) is 1.96. The molecular weight excluding hydrogens is 180 g/mol. The van der Waals surface area contributed by atoms with Crippen LogP contribution in [0.25, 0.3) is 11.0 Å². The van der Waals surface area contributed by atoms with Gasteiger partial charge in [0.1, 0.15) is 5.65 Å². The zero-order valence-corrected chi connectivity index (χ0v) is 8.00. The normalized spacial score (nSPS) is 10.4. The minimum Gasteiger partial charge on any atom is -0.465 e. The van der Waals surface area contributed by atoms with Crippen molar-refractivity contribution in [1.29, 1.82) is 0 Å². The van der Waals surface area contributed by atoms with Gasteiger partial charge in [-0.25, -0.2) is 9.78 Å². The minimum atomic E-state index is -0.345. The van der Waals surface area contributed by atoms with E-state index in [1.807, 2.05) is 19.1 Å². The van der Waals surface area contributed by atoms with Gasteiger partial charge in [-0.15, -0.1) is 0 Å². The lowest BCUT2D eigenvalue weighted by molar-refractivity contribution is 0.0603. The van der Waals surface area contributed by atoms with Crippen LogP contribution in [0.2, 0.25) is 0 Å². The Morgan fingerprint density at radius 3 is 3.00 bits per heavy atom. The summed E-state index contributed by atoms with van der Waals surface area (Å²) >= 11 is 0. The van der Waals surface area contributed by atoms with E-state index in [2.05, 4.69) is 14.7 Å². The van der Waals surface area contributed by atoms with E-state index in [9.17, 15) is 4.79 Å². The van der Waals surface area contributed by atoms with Gasteiger partial charge in [-0.2, -0.15) is 0 Å². The van der Waals surface area contributed by atoms with E-state index in [0.29, 0.717) is 11.2 Å². The fourth-order valence-electron chi connectivity index (χ4n) is 1.38. The molecule has 0 aliphatic heterocycles. The molecular formula is C10H10N2O2. The molecule has 0 aliphatic rings. The van der Waals surface area contributed by atoms with E-state index in [1.54, 1.807) is 6.20 Å². The molecule has 14 heavy (non-hydrogen) atoms. The average Bonchev–Trinajstić information content (AvgIpc) is 2.59. The van der Waals surface area contributed by atoms with Gasteiger partial charge in [0.2, 0.25) is 0 Å². The highest BCUT2D eigenvalue weighted by molar-refractivity contribution is 6.02. The fourth-order valence-corrected chi connectivity index (χ4v) is 1.38. The lowest BCUT2D eigenvalue weighted by Gasteiger charge is -1.96. The van der Waals surface area contributed by atoms with E-state index in [0.717, 1.165) is 11.1 Å². The number of nitrogens with zero attached hydrogens (tertiary/aromatic N) is 1. The third-order valence-electron chi connectivity index (χ3n) is 2.08. The van der Waals surface area contributed by atoms with Crippen LogP contribution in [0.5, 0.6) is 0 Å². The molecule has 0 saturated carbocycles. The first-order chi connectivity index (χ1) is 6.72. The fraction of sp³-hybridized carbons (Fsp3) is 0.200. The summed E-state index contributed by atoms with van der Waals surface area (Å²) in [4.78, 5) is 18.5. The second kappa shape index (κ2) is 3.14. The number of ether oxygens (including phenoxy) is 1. The molecule has 0 spiro atoms. The SMILES string of the molecule is COC(=O)c1c[nH]c2nc(C)ccc12. The third kappa shape index (κ3) is 1.25. The van der Waals surface area contributed by atoms with E-state index < -0.39 is 0 Å². The van der Waals surface area contributed by atoms with Gasteiger partial charge in [0.25, 0.3) is 0 Å². The summed E-state index contributed by atoms with van der Waals surface area (Å²) in [6.45, 7) is 1.90. The maximum Gasteiger partial charge on any atom is 0.340 e. The van der Waals surface area contributed by atoms with Gasteiger partial charge < -0.3 is 9.72 Å². The molecule has 4 nitrogen and oxygen atoms in total. The van der Waals surface area contributed by atoms with Crippen LogP contribution < -0.4 is 0 Å². The minimum absolute atomic E-state index is 0.345. The van der Waals surface area contributed by atoms with Gasteiger partial charge in [0.15, 0.2) is 0 Å². The van der Waals surface area contributed by atoms with Gasteiger partial charge in [-0.05, 0) is 19.1 Å². The van der Waals surface area contributed by atoms with Gasteiger partial charge in [0, 0.05) is 17.3 Å². The Bertz CT molecular complexity index is 488. The lowest BCUT2D eigenvalue weighted by Crippen LogP contribution is -1.99. The average molecular weight is 190 g/mol. The number of nitrogens with one attached hydrogen (secondary N) is 1. The number of hydrogen-bond donors (Lipinski definition) is 1. The Morgan fingerprint density at radius 2 is 2.29 bits per heavy atom. The number of aromatic amines is 1. The summed E-state index contributed by atoms with van der Waals surface area (Å²) < 4.78 is 4.65. The van der Waals surface area contributed by atoms with Crippen LogP contribution in [0.1, 0.15) is 16.1 Å². The summed E-state index contributed by atoms with van der Waals surface area (Å²) in [6, 6.07) is 3.73. The van der Waals surface area contributed by atoms with Crippen LogP contribution >= 0.6 is 0 Å². The molecule has 2 rings (SSSR count). The molecule has 0 unspecified atom stereocenters. The monoisotopic (exact) mass is 190 g/mol. The van der Waals surface area contributed by atoms with E-state index in [1.165, 1.54) is 7.11 Å². The molecule has 72 valence electrons. The number of methoxy groups -OCH3 is 1. The highest BCUT2D eigenvalue weighted by Crippen LogP contribution is 2.17. The number of carbonyl (C=O) groups is 1. The summed E-state index contributed by atoms with van der Waals surface area (Å²) in [7, 11) is 1.36. The molecule has 0 radical (unpaired) electrons. The first-order valence-corrected chi connectivity index (χ1v) is 4.25. The predicted octanol–water partition coefficient (Wildman–Crippen LogP) is 1.66. The predicted molar refractivity (Wildman–Crippen MR) is 52.2 cm³/mol. The van der Waals surface area contributed by atoms with Crippen molar-refractivity contribution in [3.8, 4) is 0 Å². The molecule has 2 aromatic heterocycles. The molecule has 0 fully saturated rings. The van der Waals surface area contributed by atoms with Gasteiger partial charge in [0.05, 0.1) is 12.7 Å². The first kappa shape index (κ1) is 8.74. The Morgan fingerprint density at radius 1 is 1.50 bits per heavy atom. The number of pyridine rings is 1. The quantitative estimate of drug-likeness (QED) is 0.696. The van der Waals surface area contributed by atoms with Crippen molar-refractivity contribution in [3.05, 3.63) is 29.6 Å². The van der Waals surface area contributed by atoms with Crippen molar-refractivity contribution in [2.24, 2.45) is 0 Å². The van der Waals surface area contributed by atoms with Crippen LogP contribution in [0, 0.1) is 6.92 Å². The van der Waals surface area contributed by atoms with Crippen molar-refractivity contribution in [1.82, 2.24) is 9.97 Å². The number of rotatable bonds is 1.